The minimum atomic E-state index is -2.78. The van der Waals surface area contributed by atoms with Gasteiger partial charge in [-0.25, -0.2) is 32.0 Å². The van der Waals surface area contributed by atoms with Gasteiger partial charge in [-0.2, -0.15) is 5.10 Å². The van der Waals surface area contributed by atoms with Gasteiger partial charge in [0.05, 0.1) is 19.7 Å². The molecular weight excluding hydrogens is 510 g/mol. The van der Waals surface area contributed by atoms with Gasteiger partial charge in [0, 0.05) is 43.1 Å². The summed E-state index contributed by atoms with van der Waals surface area (Å²) < 4.78 is 63.0. The zero-order valence-corrected chi connectivity index (χ0v) is 20.3. The zero-order chi connectivity index (χ0) is 27.2. The van der Waals surface area contributed by atoms with E-state index in [1.807, 2.05) is 0 Å². The molecule has 0 unspecified atom stereocenters. The number of likely N-dealkylation sites (tertiary alicyclic amines) is 1. The molecule has 0 bridgehead atoms. The molecule has 4 heterocycles. The second kappa shape index (κ2) is 9.72. The molecule has 2 atom stereocenters. The Balaban J connectivity index is 1.34. The lowest BCUT2D eigenvalue weighted by molar-refractivity contribution is -0.138. The van der Waals surface area contributed by atoms with E-state index in [4.69, 9.17) is 10.5 Å². The summed E-state index contributed by atoms with van der Waals surface area (Å²) >= 11 is 0. The number of anilines is 1. The highest BCUT2D eigenvalue weighted by molar-refractivity contribution is 5.98. The first-order valence-electron chi connectivity index (χ1n) is 12.0. The lowest BCUT2D eigenvalue weighted by atomic mass is 9.86. The number of amides is 2. The predicted octanol–water partition coefficient (Wildman–Crippen LogP) is 2.63. The SMILES string of the molecule is COc1ncc(-c2c(F)cc3c(N)ncnn23)cc1C(=O)N[C@@H]1CN(C(=O)C2CCC(F)(F)CC2)C[C@@H]1F. The lowest BCUT2D eigenvalue weighted by Crippen LogP contribution is -2.43. The molecule has 0 spiro atoms. The van der Waals surface area contributed by atoms with Crippen LogP contribution in [0.25, 0.3) is 16.8 Å². The molecule has 1 saturated carbocycles. The number of nitrogens with one attached hydrogen (secondary N) is 1. The van der Waals surface area contributed by atoms with E-state index >= 15 is 0 Å². The number of hydrogen-bond donors (Lipinski definition) is 2. The van der Waals surface area contributed by atoms with Crippen molar-refractivity contribution >= 4 is 23.1 Å². The highest BCUT2D eigenvalue weighted by Crippen LogP contribution is 2.37. The van der Waals surface area contributed by atoms with E-state index in [0.29, 0.717) is 0 Å². The molecule has 10 nitrogen and oxygen atoms in total. The summed E-state index contributed by atoms with van der Waals surface area (Å²) in [6, 6.07) is 1.45. The summed E-state index contributed by atoms with van der Waals surface area (Å²) in [6.07, 6.45) is 0.192. The van der Waals surface area contributed by atoms with Crippen LogP contribution in [0.15, 0.2) is 24.7 Å². The van der Waals surface area contributed by atoms with Gasteiger partial charge in [-0.3, -0.25) is 9.59 Å². The maximum atomic E-state index is 14.9. The van der Waals surface area contributed by atoms with Gasteiger partial charge in [0.2, 0.25) is 17.7 Å². The zero-order valence-electron chi connectivity index (χ0n) is 20.3. The molecule has 3 N–H and O–H groups in total. The van der Waals surface area contributed by atoms with E-state index < -0.39 is 41.7 Å². The predicted molar refractivity (Wildman–Crippen MR) is 127 cm³/mol. The van der Waals surface area contributed by atoms with Crippen LogP contribution in [-0.4, -0.2) is 74.6 Å². The van der Waals surface area contributed by atoms with Crippen LogP contribution in [0, 0.1) is 11.7 Å². The Labute approximate surface area is 214 Å². The molecule has 1 aliphatic heterocycles. The maximum absolute atomic E-state index is 14.9. The van der Waals surface area contributed by atoms with Crippen LogP contribution in [0.2, 0.25) is 0 Å². The van der Waals surface area contributed by atoms with Crippen LogP contribution in [0.3, 0.4) is 0 Å². The van der Waals surface area contributed by atoms with E-state index in [2.05, 4.69) is 20.4 Å². The summed E-state index contributed by atoms with van der Waals surface area (Å²) in [7, 11) is 1.29. The Hall–Kier alpha value is -3.97. The van der Waals surface area contributed by atoms with Crippen molar-refractivity contribution in [2.75, 3.05) is 25.9 Å². The van der Waals surface area contributed by atoms with Crippen molar-refractivity contribution < 1.29 is 31.9 Å². The minimum absolute atomic E-state index is 0.0163. The summed E-state index contributed by atoms with van der Waals surface area (Å²) in [5.41, 5.74) is 6.10. The normalized spacial score (nSPS) is 21.6. The lowest BCUT2D eigenvalue weighted by Gasteiger charge is -2.30. The Morgan fingerprint density at radius 1 is 1.18 bits per heavy atom. The molecule has 5 rings (SSSR count). The van der Waals surface area contributed by atoms with Crippen molar-refractivity contribution in [2.45, 2.75) is 43.8 Å². The largest absolute Gasteiger partial charge is 0.480 e. The molecular formula is C24H25F4N7O3. The third kappa shape index (κ3) is 4.70. The second-order valence-electron chi connectivity index (χ2n) is 9.53. The van der Waals surface area contributed by atoms with E-state index in [-0.39, 0.29) is 72.8 Å². The van der Waals surface area contributed by atoms with Gasteiger partial charge in [0.1, 0.15) is 29.3 Å². The number of halogens is 4. The molecule has 2 aliphatic rings. The highest BCUT2D eigenvalue weighted by atomic mass is 19.3. The first-order valence-corrected chi connectivity index (χ1v) is 12.0. The van der Waals surface area contributed by atoms with Crippen LogP contribution in [-0.2, 0) is 4.79 Å². The van der Waals surface area contributed by atoms with Crippen molar-refractivity contribution in [1.29, 1.82) is 0 Å². The van der Waals surface area contributed by atoms with Crippen molar-refractivity contribution in [1.82, 2.24) is 29.8 Å². The first-order chi connectivity index (χ1) is 18.1. The van der Waals surface area contributed by atoms with Gasteiger partial charge in [0.15, 0.2) is 11.6 Å². The molecule has 3 aromatic rings. The standard InChI is InChI=1S/C24H25F4N7O3/c1-38-22-14(6-13(8-30-22)19-15(25)7-18-20(29)31-11-32-35(18)19)21(36)33-17-10-34(9-16(17)26)23(37)12-2-4-24(27,28)5-3-12/h6-8,11-12,16-17H,2-5,9-10H2,1H3,(H,33,36)(H2,29,31,32)/t16-,17+/m0/s1. The monoisotopic (exact) mass is 535 g/mol. The number of rotatable bonds is 5. The van der Waals surface area contributed by atoms with Gasteiger partial charge in [-0.05, 0) is 18.9 Å². The van der Waals surface area contributed by atoms with Gasteiger partial charge < -0.3 is 20.7 Å². The number of pyridine rings is 1. The Morgan fingerprint density at radius 2 is 1.92 bits per heavy atom. The van der Waals surface area contributed by atoms with E-state index in [9.17, 15) is 27.2 Å². The molecule has 0 aromatic carbocycles. The number of nitrogens with two attached hydrogens (primary N) is 1. The fourth-order valence-corrected chi connectivity index (χ4v) is 5.02. The number of nitrogens with zero attached hydrogens (tertiary/aromatic N) is 5. The minimum Gasteiger partial charge on any atom is -0.480 e. The average Bonchev–Trinajstić information content (AvgIpc) is 3.42. The van der Waals surface area contributed by atoms with Crippen LogP contribution in [0.4, 0.5) is 23.4 Å². The average molecular weight is 536 g/mol. The van der Waals surface area contributed by atoms with Gasteiger partial charge in [-0.15, -0.1) is 0 Å². The van der Waals surface area contributed by atoms with E-state index in [1.54, 1.807) is 0 Å². The molecule has 202 valence electrons. The topological polar surface area (TPSA) is 128 Å². The number of carbonyl (C=O) groups excluding carboxylic acids is 2. The molecule has 14 heteroatoms. The molecule has 2 amide bonds. The van der Waals surface area contributed by atoms with Gasteiger partial charge >= 0.3 is 0 Å². The Kier molecular flexibility index (Phi) is 6.57. The van der Waals surface area contributed by atoms with Gasteiger partial charge in [-0.1, -0.05) is 0 Å². The smallest absolute Gasteiger partial charge is 0.257 e. The third-order valence-electron chi connectivity index (χ3n) is 7.06. The third-order valence-corrected chi connectivity index (χ3v) is 7.06. The van der Waals surface area contributed by atoms with Crippen LogP contribution < -0.4 is 15.8 Å². The van der Waals surface area contributed by atoms with Crippen molar-refractivity contribution in [3.05, 3.63) is 36.0 Å². The quantitative estimate of drug-likeness (QED) is 0.481. The number of fused-ring (bicyclic) bond motifs is 1. The maximum Gasteiger partial charge on any atom is 0.257 e. The van der Waals surface area contributed by atoms with E-state index in [1.165, 1.54) is 28.8 Å². The Morgan fingerprint density at radius 3 is 2.63 bits per heavy atom. The summed E-state index contributed by atoms with van der Waals surface area (Å²) in [5.74, 6) is -5.21. The van der Waals surface area contributed by atoms with Crippen LogP contribution >= 0.6 is 0 Å². The summed E-state index contributed by atoms with van der Waals surface area (Å²) in [6.45, 7) is -0.364. The molecule has 38 heavy (non-hydrogen) atoms. The fraction of sp³-hybridized carbons (Fsp3) is 0.458. The molecule has 2 fully saturated rings. The fourth-order valence-electron chi connectivity index (χ4n) is 5.02. The van der Waals surface area contributed by atoms with Crippen molar-refractivity contribution in [3.8, 4) is 17.1 Å². The number of methoxy groups -OCH3 is 1. The first kappa shape index (κ1) is 25.7. The summed E-state index contributed by atoms with van der Waals surface area (Å²) in [5, 5.41) is 6.58. The number of aromatic nitrogens is 4. The molecule has 1 aliphatic carbocycles. The molecule has 0 radical (unpaired) electrons. The summed E-state index contributed by atoms with van der Waals surface area (Å²) in [4.78, 5) is 35.2. The number of nitrogen functional groups attached to an aromatic ring is 1. The van der Waals surface area contributed by atoms with Crippen LogP contribution in [0.5, 0.6) is 5.88 Å². The van der Waals surface area contributed by atoms with Crippen molar-refractivity contribution in [2.24, 2.45) is 5.92 Å². The second-order valence-corrected chi connectivity index (χ2v) is 9.53. The highest BCUT2D eigenvalue weighted by Gasteiger charge is 2.42. The number of hydrogen-bond acceptors (Lipinski definition) is 7. The van der Waals surface area contributed by atoms with E-state index in [0.717, 1.165) is 12.4 Å². The number of alkyl halides is 3. The van der Waals surface area contributed by atoms with Gasteiger partial charge in [0.25, 0.3) is 5.91 Å². The molecule has 1 saturated heterocycles. The van der Waals surface area contributed by atoms with Crippen molar-refractivity contribution in [3.63, 3.8) is 0 Å². The number of carbonyl (C=O) groups is 2. The molecule has 3 aromatic heterocycles. The van der Waals surface area contributed by atoms with Crippen LogP contribution in [0.1, 0.15) is 36.0 Å². The Bertz CT molecular complexity index is 1390. The number of ether oxygens (including phenoxy) is 1.